The van der Waals surface area contributed by atoms with Crippen LogP contribution in [0, 0.1) is 0 Å². The molecule has 0 aliphatic carbocycles. The first-order valence-electron chi connectivity index (χ1n) is 16.2. The van der Waals surface area contributed by atoms with Crippen LogP contribution in [0.1, 0.15) is 0 Å². The number of oxazole rings is 1. The maximum atomic E-state index is 6.51. The quantitative estimate of drug-likeness (QED) is 0.192. The molecule has 0 N–H and O–H groups in total. The number of rotatable bonds is 4. The third-order valence-electron chi connectivity index (χ3n) is 9.50. The van der Waals surface area contributed by atoms with Crippen LogP contribution >= 0.6 is 0 Å². The van der Waals surface area contributed by atoms with Crippen molar-refractivity contribution in [2.24, 2.45) is 0 Å². The highest BCUT2D eigenvalue weighted by Crippen LogP contribution is 2.43. The van der Waals surface area contributed by atoms with E-state index in [0.29, 0.717) is 5.89 Å². The Balaban J connectivity index is 1.11. The van der Waals surface area contributed by atoms with Gasteiger partial charge in [0.1, 0.15) is 39.0 Å². The average molecular weight is 633 g/mol. The van der Waals surface area contributed by atoms with Gasteiger partial charge in [0.2, 0.25) is 5.89 Å². The summed E-state index contributed by atoms with van der Waals surface area (Å²) in [6, 6.07) is 49.2. The minimum Gasteiger partial charge on any atom is -0.456 e. The van der Waals surface area contributed by atoms with E-state index < -0.39 is 0 Å². The van der Waals surface area contributed by atoms with Crippen LogP contribution < -0.4 is 4.90 Å². The zero-order valence-electron chi connectivity index (χ0n) is 25.9. The fourth-order valence-corrected chi connectivity index (χ4v) is 7.24. The van der Waals surface area contributed by atoms with E-state index in [-0.39, 0.29) is 0 Å². The molecule has 11 rings (SSSR count). The van der Waals surface area contributed by atoms with Crippen molar-refractivity contribution in [1.29, 1.82) is 0 Å². The van der Waals surface area contributed by atoms with Crippen molar-refractivity contribution in [2.75, 3.05) is 4.90 Å². The summed E-state index contributed by atoms with van der Waals surface area (Å²) in [6.07, 6.45) is 0. The van der Waals surface area contributed by atoms with Crippen LogP contribution in [0.15, 0.2) is 163 Å². The van der Waals surface area contributed by atoms with Gasteiger partial charge in [-0.25, -0.2) is 4.98 Å². The molecule has 0 amide bonds. The van der Waals surface area contributed by atoms with Crippen molar-refractivity contribution in [1.82, 2.24) is 4.98 Å². The van der Waals surface area contributed by atoms with Crippen LogP contribution in [0.25, 0.3) is 88.4 Å². The number of furan rings is 3. The maximum Gasteiger partial charge on any atom is 0.227 e. The van der Waals surface area contributed by atoms with Gasteiger partial charge in [0, 0.05) is 67.8 Å². The minimum absolute atomic E-state index is 0.585. The fraction of sp³-hybridized carbons (Fsp3) is 0. The molecule has 6 heteroatoms. The second-order valence-corrected chi connectivity index (χ2v) is 12.3. The van der Waals surface area contributed by atoms with E-state index in [1.165, 1.54) is 0 Å². The molecule has 0 unspecified atom stereocenters. The van der Waals surface area contributed by atoms with Gasteiger partial charge in [-0.2, -0.15) is 0 Å². The van der Waals surface area contributed by atoms with Crippen LogP contribution in [0.5, 0.6) is 0 Å². The molecule has 230 valence electrons. The van der Waals surface area contributed by atoms with E-state index in [0.717, 1.165) is 99.5 Å². The molecular weight excluding hydrogens is 608 g/mol. The normalized spacial score (nSPS) is 12.1. The summed E-state index contributed by atoms with van der Waals surface area (Å²) in [5.74, 6) is 0.585. The smallest absolute Gasteiger partial charge is 0.227 e. The van der Waals surface area contributed by atoms with Crippen molar-refractivity contribution in [3.05, 3.63) is 146 Å². The number of anilines is 3. The molecule has 7 aromatic carbocycles. The number of fused-ring (bicyclic) bond motifs is 11. The molecule has 0 aliphatic rings. The lowest BCUT2D eigenvalue weighted by molar-refractivity contribution is 0.619. The topological polar surface area (TPSA) is 68.7 Å². The van der Waals surface area contributed by atoms with Crippen molar-refractivity contribution >= 4 is 94.0 Å². The second-order valence-electron chi connectivity index (χ2n) is 12.3. The number of nitrogens with zero attached hydrogens (tertiary/aromatic N) is 2. The predicted octanol–water partition coefficient (Wildman–Crippen LogP) is 12.7. The van der Waals surface area contributed by atoms with Crippen LogP contribution in [0.3, 0.4) is 0 Å². The molecule has 0 bridgehead atoms. The van der Waals surface area contributed by atoms with Gasteiger partial charge in [-0.3, -0.25) is 0 Å². The molecule has 0 aliphatic heterocycles. The van der Waals surface area contributed by atoms with Gasteiger partial charge in [0.05, 0.1) is 5.39 Å². The van der Waals surface area contributed by atoms with Gasteiger partial charge >= 0.3 is 0 Å². The molecular formula is C43H24N2O4. The Morgan fingerprint density at radius 3 is 1.49 bits per heavy atom. The van der Waals surface area contributed by atoms with Crippen LogP contribution in [-0.2, 0) is 0 Å². The number of aromatic nitrogens is 1. The monoisotopic (exact) mass is 632 g/mol. The predicted molar refractivity (Wildman–Crippen MR) is 196 cm³/mol. The first kappa shape index (κ1) is 26.3. The maximum absolute atomic E-state index is 6.51. The van der Waals surface area contributed by atoms with Crippen molar-refractivity contribution in [3.63, 3.8) is 0 Å². The summed E-state index contributed by atoms with van der Waals surface area (Å²) < 4.78 is 25.4. The van der Waals surface area contributed by atoms with Gasteiger partial charge in [-0.15, -0.1) is 0 Å². The molecule has 4 aromatic heterocycles. The van der Waals surface area contributed by atoms with E-state index in [1.807, 2.05) is 78.9 Å². The lowest BCUT2D eigenvalue weighted by Crippen LogP contribution is -2.09. The molecule has 4 heterocycles. The highest BCUT2D eigenvalue weighted by Gasteiger charge is 2.21. The second kappa shape index (κ2) is 9.86. The Hall–Kier alpha value is -6.79. The molecule has 0 radical (unpaired) electrons. The van der Waals surface area contributed by atoms with Crippen molar-refractivity contribution in [2.45, 2.75) is 0 Å². The average Bonchev–Trinajstić information content (AvgIpc) is 3.92. The first-order valence-corrected chi connectivity index (χ1v) is 16.2. The third kappa shape index (κ3) is 3.92. The molecule has 0 fully saturated rings. The molecule has 11 aromatic rings. The minimum atomic E-state index is 0.585. The summed E-state index contributed by atoms with van der Waals surface area (Å²) >= 11 is 0. The summed E-state index contributed by atoms with van der Waals surface area (Å²) in [6.45, 7) is 0. The fourth-order valence-electron chi connectivity index (χ4n) is 7.24. The van der Waals surface area contributed by atoms with Gasteiger partial charge in [-0.1, -0.05) is 54.6 Å². The molecule has 6 nitrogen and oxygen atoms in total. The molecule has 0 saturated heterocycles. The lowest BCUT2D eigenvalue weighted by atomic mass is 10.1. The molecule has 0 saturated carbocycles. The van der Waals surface area contributed by atoms with Gasteiger partial charge in [-0.05, 0) is 72.8 Å². The Kier molecular flexibility index (Phi) is 5.29. The van der Waals surface area contributed by atoms with Crippen molar-refractivity contribution < 1.29 is 17.7 Å². The first-order chi connectivity index (χ1) is 24.2. The Morgan fingerprint density at radius 2 is 0.857 bits per heavy atom. The molecule has 0 spiro atoms. The summed E-state index contributed by atoms with van der Waals surface area (Å²) in [5.41, 5.74) is 10.1. The van der Waals surface area contributed by atoms with E-state index in [1.54, 1.807) is 0 Å². The Labute approximate surface area is 278 Å². The molecule has 0 atom stereocenters. The highest BCUT2D eigenvalue weighted by atomic mass is 16.4. The number of para-hydroxylation sites is 2. The van der Waals surface area contributed by atoms with E-state index >= 15 is 0 Å². The Morgan fingerprint density at radius 1 is 0.367 bits per heavy atom. The van der Waals surface area contributed by atoms with Gasteiger partial charge in [0.25, 0.3) is 0 Å². The Bertz CT molecular complexity index is 2960. The van der Waals surface area contributed by atoms with Gasteiger partial charge < -0.3 is 22.6 Å². The largest absolute Gasteiger partial charge is 0.456 e. The van der Waals surface area contributed by atoms with Crippen molar-refractivity contribution in [3.8, 4) is 11.5 Å². The van der Waals surface area contributed by atoms with Crippen LogP contribution in [0.2, 0.25) is 0 Å². The standard InChI is InChI=1S/C43H24N2O4/c1-2-8-25(9-3-1)43-44-42-37(49-43)21-20-36-41(42)33-19-16-28(24-40(33)48-36)45(26-14-17-31-29-10-4-6-12-34(29)46-38(31)22-26)27-15-18-32-30-11-5-7-13-35(30)47-39(32)23-27/h1-24H. The highest BCUT2D eigenvalue weighted by molar-refractivity contribution is 6.17. The number of hydrogen-bond donors (Lipinski definition) is 0. The molecule has 49 heavy (non-hydrogen) atoms. The zero-order chi connectivity index (χ0) is 32.1. The van der Waals surface area contributed by atoms with E-state index in [2.05, 4.69) is 71.6 Å². The van der Waals surface area contributed by atoms with Crippen LogP contribution in [0.4, 0.5) is 17.1 Å². The lowest BCUT2D eigenvalue weighted by Gasteiger charge is -2.25. The summed E-state index contributed by atoms with van der Waals surface area (Å²) in [4.78, 5) is 7.14. The zero-order valence-corrected chi connectivity index (χ0v) is 25.9. The van der Waals surface area contributed by atoms with Gasteiger partial charge in [0.15, 0.2) is 5.58 Å². The van der Waals surface area contributed by atoms with E-state index in [4.69, 9.17) is 22.7 Å². The third-order valence-corrected chi connectivity index (χ3v) is 9.50. The van der Waals surface area contributed by atoms with E-state index in [9.17, 15) is 0 Å². The number of hydrogen-bond acceptors (Lipinski definition) is 6. The number of benzene rings is 7. The SMILES string of the molecule is c1ccc(-c2nc3c(ccc4oc5cc(N(c6ccc7c(c6)oc6ccccc67)c6ccc7c(c6)oc6ccccc67)ccc5c43)o2)cc1. The summed E-state index contributed by atoms with van der Waals surface area (Å²) in [5, 5.41) is 6.24. The van der Waals surface area contributed by atoms with Crippen LogP contribution in [-0.4, -0.2) is 4.98 Å². The summed E-state index contributed by atoms with van der Waals surface area (Å²) in [7, 11) is 0.